The second-order valence-corrected chi connectivity index (χ2v) is 5.56. The average molecular weight is 333 g/mol. The molecule has 0 aliphatic carbocycles. The maximum Gasteiger partial charge on any atom is 0.224 e. The van der Waals surface area contributed by atoms with Crippen molar-refractivity contribution < 1.29 is 9.53 Å². The summed E-state index contributed by atoms with van der Waals surface area (Å²) in [6, 6.07) is 17.4. The van der Waals surface area contributed by atoms with Crippen LogP contribution in [0.5, 0.6) is 5.75 Å². The minimum Gasteiger partial charge on any atom is -0.497 e. The Balaban J connectivity index is 1.56. The summed E-state index contributed by atoms with van der Waals surface area (Å²) in [4.78, 5) is 20.7. The van der Waals surface area contributed by atoms with Crippen molar-refractivity contribution in [2.75, 3.05) is 12.4 Å². The quantitative estimate of drug-likeness (QED) is 0.746. The summed E-state index contributed by atoms with van der Waals surface area (Å²) < 4.78 is 5.19. The zero-order valence-electron chi connectivity index (χ0n) is 14.0. The van der Waals surface area contributed by atoms with Gasteiger partial charge in [0, 0.05) is 12.0 Å². The van der Waals surface area contributed by atoms with Crippen molar-refractivity contribution in [1.29, 1.82) is 0 Å². The summed E-state index contributed by atoms with van der Waals surface area (Å²) in [6.07, 6.45) is 4.27. The molecule has 0 radical (unpaired) electrons. The number of carbonyl (C=O) groups excluding carboxylic acids is 1. The van der Waals surface area contributed by atoms with Crippen LogP contribution in [0.3, 0.4) is 0 Å². The van der Waals surface area contributed by atoms with Crippen molar-refractivity contribution in [3.8, 4) is 17.1 Å². The number of aromatic nitrogens is 2. The lowest BCUT2D eigenvalue weighted by molar-refractivity contribution is -0.116. The molecule has 1 amide bonds. The van der Waals surface area contributed by atoms with E-state index in [0.717, 1.165) is 16.9 Å². The maximum atomic E-state index is 12.1. The number of nitrogens with zero attached hydrogens (tertiary/aromatic N) is 2. The predicted molar refractivity (Wildman–Crippen MR) is 97.4 cm³/mol. The predicted octanol–water partition coefficient (Wildman–Crippen LogP) is 3.72. The fraction of sp³-hybridized carbons (Fsp3) is 0.150. The lowest BCUT2D eigenvalue weighted by atomic mass is 10.1. The van der Waals surface area contributed by atoms with E-state index in [-0.39, 0.29) is 5.91 Å². The molecular weight excluding hydrogens is 314 g/mol. The molecule has 126 valence electrons. The second kappa shape index (κ2) is 8.06. The molecule has 0 bridgehead atoms. The lowest BCUT2D eigenvalue weighted by Gasteiger charge is -2.07. The molecule has 25 heavy (non-hydrogen) atoms. The van der Waals surface area contributed by atoms with Gasteiger partial charge in [0.25, 0.3) is 0 Å². The van der Waals surface area contributed by atoms with E-state index in [0.29, 0.717) is 24.4 Å². The van der Waals surface area contributed by atoms with E-state index in [9.17, 15) is 4.79 Å². The lowest BCUT2D eigenvalue weighted by Crippen LogP contribution is -2.12. The first-order valence-electron chi connectivity index (χ1n) is 8.05. The normalized spacial score (nSPS) is 10.3. The minimum atomic E-state index is -0.0705. The van der Waals surface area contributed by atoms with Gasteiger partial charge in [0.05, 0.1) is 25.2 Å². The van der Waals surface area contributed by atoms with Crippen LogP contribution in [-0.4, -0.2) is 23.0 Å². The molecule has 1 heterocycles. The van der Waals surface area contributed by atoms with Crippen molar-refractivity contribution >= 4 is 11.6 Å². The first kappa shape index (κ1) is 16.6. The fourth-order valence-electron chi connectivity index (χ4n) is 2.44. The Morgan fingerprint density at radius 2 is 1.80 bits per heavy atom. The minimum absolute atomic E-state index is 0.0705. The molecule has 0 unspecified atom stereocenters. The number of carbonyl (C=O) groups is 1. The van der Waals surface area contributed by atoms with Gasteiger partial charge in [-0.25, -0.2) is 9.97 Å². The Morgan fingerprint density at radius 1 is 1.04 bits per heavy atom. The fourth-order valence-corrected chi connectivity index (χ4v) is 2.44. The zero-order chi connectivity index (χ0) is 17.5. The maximum absolute atomic E-state index is 12.1. The number of hydrogen-bond donors (Lipinski definition) is 1. The molecule has 0 atom stereocenters. The van der Waals surface area contributed by atoms with Crippen molar-refractivity contribution in [2.24, 2.45) is 0 Å². The Morgan fingerprint density at radius 3 is 2.52 bits per heavy atom. The van der Waals surface area contributed by atoms with Crippen molar-refractivity contribution in [2.45, 2.75) is 12.8 Å². The van der Waals surface area contributed by atoms with E-state index in [1.807, 2.05) is 54.6 Å². The standard InChI is InChI=1S/C20H19N3O2/c1-25-18-9-5-6-15(12-18)10-11-19(24)23-17-13-21-20(22-14-17)16-7-3-2-4-8-16/h2-9,12-14H,10-11H2,1H3,(H,23,24). The van der Waals surface area contributed by atoms with Gasteiger partial charge in [-0.15, -0.1) is 0 Å². The summed E-state index contributed by atoms with van der Waals surface area (Å²) >= 11 is 0. The van der Waals surface area contributed by atoms with Crippen LogP contribution in [0.2, 0.25) is 0 Å². The molecule has 0 saturated heterocycles. The van der Waals surface area contributed by atoms with Crippen molar-refractivity contribution in [3.63, 3.8) is 0 Å². The summed E-state index contributed by atoms with van der Waals surface area (Å²) in [7, 11) is 1.63. The Hall–Kier alpha value is -3.21. The molecule has 3 aromatic rings. The largest absolute Gasteiger partial charge is 0.497 e. The number of benzene rings is 2. The second-order valence-electron chi connectivity index (χ2n) is 5.56. The molecule has 1 aromatic heterocycles. The van der Waals surface area contributed by atoms with Crippen LogP contribution in [0.1, 0.15) is 12.0 Å². The van der Waals surface area contributed by atoms with Crippen LogP contribution in [0, 0.1) is 0 Å². The topological polar surface area (TPSA) is 64.1 Å². The monoisotopic (exact) mass is 333 g/mol. The van der Waals surface area contributed by atoms with Crippen molar-refractivity contribution in [3.05, 3.63) is 72.6 Å². The Bertz CT molecular complexity index is 833. The van der Waals surface area contributed by atoms with Crippen molar-refractivity contribution in [1.82, 2.24) is 9.97 Å². The summed E-state index contributed by atoms with van der Waals surface area (Å²) in [5.41, 5.74) is 2.60. The number of amides is 1. The SMILES string of the molecule is COc1cccc(CCC(=O)Nc2cnc(-c3ccccc3)nc2)c1. The number of anilines is 1. The molecule has 5 nitrogen and oxygen atoms in total. The molecule has 5 heteroatoms. The van der Waals surface area contributed by atoms with Crippen LogP contribution >= 0.6 is 0 Å². The Labute approximate surface area is 146 Å². The van der Waals surface area contributed by atoms with Gasteiger partial charge in [-0.05, 0) is 24.1 Å². The Kier molecular flexibility index (Phi) is 5.36. The third kappa shape index (κ3) is 4.64. The van der Waals surface area contributed by atoms with E-state index in [1.165, 1.54) is 0 Å². The van der Waals surface area contributed by atoms with Crippen LogP contribution in [0.4, 0.5) is 5.69 Å². The number of rotatable bonds is 6. The van der Waals surface area contributed by atoms with Crippen LogP contribution < -0.4 is 10.1 Å². The molecule has 0 fully saturated rings. The molecule has 0 saturated carbocycles. The van der Waals surface area contributed by atoms with Gasteiger partial charge < -0.3 is 10.1 Å². The smallest absolute Gasteiger partial charge is 0.224 e. The van der Waals surface area contributed by atoms with E-state index in [2.05, 4.69) is 15.3 Å². The van der Waals surface area contributed by atoms with Gasteiger partial charge in [-0.2, -0.15) is 0 Å². The van der Waals surface area contributed by atoms with E-state index in [1.54, 1.807) is 19.5 Å². The third-order valence-corrected chi connectivity index (χ3v) is 3.74. The van der Waals surface area contributed by atoms with E-state index >= 15 is 0 Å². The highest BCUT2D eigenvalue weighted by Gasteiger charge is 2.06. The van der Waals surface area contributed by atoms with Crippen LogP contribution in [-0.2, 0) is 11.2 Å². The van der Waals surface area contributed by atoms with E-state index in [4.69, 9.17) is 4.74 Å². The summed E-state index contributed by atoms with van der Waals surface area (Å²) in [5, 5.41) is 2.82. The first-order chi connectivity index (χ1) is 12.2. The number of methoxy groups -OCH3 is 1. The summed E-state index contributed by atoms with van der Waals surface area (Å²) in [6.45, 7) is 0. The number of hydrogen-bond acceptors (Lipinski definition) is 4. The zero-order valence-corrected chi connectivity index (χ0v) is 14.0. The molecule has 1 N–H and O–H groups in total. The molecule has 3 rings (SSSR count). The average Bonchev–Trinajstić information content (AvgIpc) is 2.68. The molecule has 0 spiro atoms. The van der Waals surface area contributed by atoms with Crippen LogP contribution in [0.25, 0.3) is 11.4 Å². The van der Waals surface area contributed by atoms with Gasteiger partial charge in [0.1, 0.15) is 5.75 Å². The van der Waals surface area contributed by atoms with Gasteiger partial charge in [0.2, 0.25) is 5.91 Å². The molecule has 0 aliphatic rings. The highest BCUT2D eigenvalue weighted by molar-refractivity contribution is 5.90. The molecule has 0 aliphatic heterocycles. The molecule has 2 aromatic carbocycles. The van der Waals surface area contributed by atoms with Gasteiger partial charge >= 0.3 is 0 Å². The highest BCUT2D eigenvalue weighted by Crippen LogP contribution is 2.16. The molecular formula is C20H19N3O2. The number of aryl methyl sites for hydroxylation is 1. The highest BCUT2D eigenvalue weighted by atomic mass is 16.5. The third-order valence-electron chi connectivity index (χ3n) is 3.74. The number of ether oxygens (including phenoxy) is 1. The van der Waals surface area contributed by atoms with Gasteiger partial charge in [-0.1, -0.05) is 42.5 Å². The number of nitrogens with one attached hydrogen (secondary N) is 1. The van der Waals surface area contributed by atoms with Crippen LogP contribution in [0.15, 0.2) is 67.0 Å². The van der Waals surface area contributed by atoms with Gasteiger partial charge in [0.15, 0.2) is 5.82 Å². The first-order valence-corrected chi connectivity index (χ1v) is 8.05. The van der Waals surface area contributed by atoms with Gasteiger partial charge in [-0.3, -0.25) is 4.79 Å². The summed E-state index contributed by atoms with van der Waals surface area (Å²) in [5.74, 6) is 1.36. The van der Waals surface area contributed by atoms with E-state index < -0.39 is 0 Å².